The number of para-hydroxylation sites is 2. The van der Waals surface area contributed by atoms with E-state index in [-0.39, 0.29) is 17.8 Å². The SMILES string of the molecule is O=C(Nc1ccc(F)cc1)[C@H](NC[C@@H]1COc2ccccc2O1)c1ccccc1. The fourth-order valence-corrected chi connectivity index (χ4v) is 3.17. The van der Waals surface area contributed by atoms with Crippen LogP contribution in [0.1, 0.15) is 11.6 Å². The highest BCUT2D eigenvalue weighted by Gasteiger charge is 2.25. The van der Waals surface area contributed by atoms with Crippen molar-refractivity contribution in [2.24, 2.45) is 0 Å². The van der Waals surface area contributed by atoms with Crippen LogP contribution in [0.3, 0.4) is 0 Å². The van der Waals surface area contributed by atoms with Crippen molar-refractivity contribution >= 4 is 11.6 Å². The summed E-state index contributed by atoms with van der Waals surface area (Å²) in [5.41, 5.74) is 1.36. The molecule has 0 saturated heterocycles. The summed E-state index contributed by atoms with van der Waals surface area (Å²) in [4.78, 5) is 12.9. The molecule has 0 unspecified atom stereocenters. The van der Waals surface area contributed by atoms with Gasteiger partial charge in [-0.1, -0.05) is 42.5 Å². The van der Waals surface area contributed by atoms with Crippen molar-refractivity contribution < 1.29 is 18.7 Å². The van der Waals surface area contributed by atoms with Gasteiger partial charge in [0.15, 0.2) is 11.5 Å². The van der Waals surface area contributed by atoms with Gasteiger partial charge in [0, 0.05) is 12.2 Å². The normalized spacial score (nSPS) is 16.1. The largest absolute Gasteiger partial charge is 0.486 e. The predicted octanol–water partition coefficient (Wildman–Crippen LogP) is 3.94. The molecule has 29 heavy (non-hydrogen) atoms. The van der Waals surface area contributed by atoms with Gasteiger partial charge in [-0.15, -0.1) is 0 Å². The highest BCUT2D eigenvalue weighted by Crippen LogP contribution is 2.30. The van der Waals surface area contributed by atoms with Crippen molar-refractivity contribution in [3.63, 3.8) is 0 Å². The Morgan fingerprint density at radius 1 is 0.966 bits per heavy atom. The summed E-state index contributed by atoms with van der Waals surface area (Å²) in [5.74, 6) is 0.824. The number of anilines is 1. The minimum atomic E-state index is -0.595. The second-order valence-electron chi connectivity index (χ2n) is 6.75. The average Bonchev–Trinajstić information content (AvgIpc) is 2.76. The van der Waals surface area contributed by atoms with E-state index in [4.69, 9.17) is 9.47 Å². The van der Waals surface area contributed by atoms with Gasteiger partial charge in [0.2, 0.25) is 5.91 Å². The maximum Gasteiger partial charge on any atom is 0.246 e. The van der Waals surface area contributed by atoms with E-state index in [1.165, 1.54) is 24.3 Å². The first kappa shape index (κ1) is 19.0. The predicted molar refractivity (Wildman–Crippen MR) is 109 cm³/mol. The average molecular weight is 392 g/mol. The molecule has 3 aromatic rings. The van der Waals surface area contributed by atoms with Crippen LogP contribution in [0.4, 0.5) is 10.1 Å². The van der Waals surface area contributed by atoms with Crippen molar-refractivity contribution in [1.29, 1.82) is 0 Å². The third kappa shape index (κ3) is 4.73. The maximum atomic E-state index is 13.1. The van der Waals surface area contributed by atoms with Crippen LogP contribution in [0.5, 0.6) is 11.5 Å². The third-order valence-electron chi connectivity index (χ3n) is 4.62. The summed E-state index contributed by atoms with van der Waals surface area (Å²) in [5, 5.41) is 6.11. The lowest BCUT2D eigenvalue weighted by molar-refractivity contribution is -0.118. The Morgan fingerprint density at radius 2 is 1.66 bits per heavy atom. The molecule has 1 aliphatic rings. The van der Waals surface area contributed by atoms with E-state index < -0.39 is 6.04 Å². The Labute approximate surface area is 168 Å². The number of rotatable bonds is 6. The Balaban J connectivity index is 1.45. The first-order chi connectivity index (χ1) is 14.2. The molecule has 1 amide bonds. The number of amides is 1. The van der Waals surface area contributed by atoms with Crippen LogP contribution >= 0.6 is 0 Å². The molecule has 5 nitrogen and oxygen atoms in total. The molecule has 0 aromatic heterocycles. The lowest BCUT2D eigenvalue weighted by atomic mass is 10.1. The van der Waals surface area contributed by atoms with Crippen LogP contribution in [0.15, 0.2) is 78.9 Å². The van der Waals surface area contributed by atoms with Crippen LogP contribution in [0.25, 0.3) is 0 Å². The van der Waals surface area contributed by atoms with Crippen molar-refractivity contribution in [3.8, 4) is 11.5 Å². The molecule has 0 radical (unpaired) electrons. The summed E-state index contributed by atoms with van der Waals surface area (Å²) in [6, 6.07) is 22.0. The Morgan fingerprint density at radius 3 is 2.41 bits per heavy atom. The van der Waals surface area contributed by atoms with Gasteiger partial charge >= 0.3 is 0 Å². The topological polar surface area (TPSA) is 59.6 Å². The van der Waals surface area contributed by atoms with Gasteiger partial charge in [-0.05, 0) is 42.0 Å². The fourth-order valence-electron chi connectivity index (χ4n) is 3.17. The van der Waals surface area contributed by atoms with Crippen molar-refractivity contribution in [2.75, 3.05) is 18.5 Å². The molecule has 0 aliphatic carbocycles. The standard InChI is InChI=1S/C23H21FN2O3/c24-17-10-12-18(13-11-17)26-23(27)22(16-6-2-1-3-7-16)25-14-19-15-28-20-8-4-5-9-21(20)29-19/h1-13,19,22,25H,14-15H2,(H,26,27)/t19-,22-/m1/s1. The van der Waals surface area contributed by atoms with Gasteiger partial charge in [-0.2, -0.15) is 0 Å². The van der Waals surface area contributed by atoms with Crippen LogP contribution in [-0.2, 0) is 4.79 Å². The van der Waals surface area contributed by atoms with Crippen LogP contribution in [-0.4, -0.2) is 25.2 Å². The Bertz CT molecular complexity index is 963. The molecular formula is C23H21FN2O3. The number of fused-ring (bicyclic) bond motifs is 1. The minimum Gasteiger partial charge on any atom is -0.486 e. The molecule has 148 valence electrons. The molecule has 6 heteroatoms. The maximum absolute atomic E-state index is 13.1. The number of hydrogen-bond donors (Lipinski definition) is 2. The van der Waals surface area contributed by atoms with Gasteiger partial charge in [0.25, 0.3) is 0 Å². The van der Waals surface area contributed by atoms with Crippen LogP contribution < -0.4 is 20.1 Å². The van der Waals surface area contributed by atoms with E-state index in [0.29, 0.717) is 24.6 Å². The fraction of sp³-hybridized carbons (Fsp3) is 0.174. The van der Waals surface area contributed by atoms with E-state index in [2.05, 4.69) is 10.6 Å². The molecule has 0 saturated carbocycles. The molecule has 1 aliphatic heterocycles. The Hall–Kier alpha value is -3.38. The highest BCUT2D eigenvalue weighted by molar-refractivity contribution is 5.95. The van der Waals surface area contributed by atoms with E-state index >= 15 is 0 Å². The van der Waals surface area contributed by atoms with Crippen molar-refractivity contribution in [2.45, 2.75) is 12.1 Å². The molecule has 0 bridgehead atoms. The Kier molecular flexibility index (Phi) is 5.72. The molecule has 0 fully saturated rings. The minimum absolute atomic E-state index is 0.227. The molecule has 4 rings (SSSR count). The van der Waals surface area contributed by atoms with Gasteiger partial charge in [0.05, 0.1) is 0 Å². The van der Waals surface area contributed by atoms with Gasteiger partial charge in [-0.25, -0.2) is 4.39 Å². The first-order valence-corrected chi connectivity index (χ1v) is 9.42. The summed E-state index contributed by atoms with van der Waals surface area (Å²) < 4.78 is 24.8. The molecule has 2 N–H and O–H groups in total. The zero-order chi connectivity index (χ0) is 20.1. The molecular weight excluding hydrogens is 371 g/mol. The molecule has 2 atom stereocenters. The first-order valence-electron chi connectivity index (χ1n) is 9.42. The number of ether oxygens (including phenoxy) is 2. The van der Waals surface area contributed by atoms with Gasteiger partial charge in [0.1, 0.15) is 24.6 Å². The smallest absolute Gasteiger partial charge is 0.246 e. The number of hydrogen-bond acceptors (Lipinski definition) is 4. The summed E-state index contributed by atoms with van der Waals surface area (Å²) in [6.45, 7) is 0.815. The quantitative estimate of drug-likeness (QED) is 0.667. The molecule has 1 heterocycles. The monoisotopic (exact) mass is 392 g/mol. The highest BCUT2D eigenvalue weighted by atomic mass is 19.1. The van der Waals surface area contributed by atoms with E-state index in [1.54, 1.807) is 0 Å². The van der Waals surface area contributed by atoms with Crippen molar-refractivity contribution in [1.82, 2.24) is 5.32 Å². The lowest BCUT2D eigenvalue weighted by Crippen LogP contribution is -2.42. The summed E-state index contributed by atoms with van der Waals surface area (Å²) in [6.07, 6.45) is -0.227. The summed E-state index contributed by atoms with van der Waals surface area (Å²) >= 11 is 0. The van der Waals surface area contributed by atoms with E-state index in [1.807, 2.05) is 54.6 Å². The second kappa shape index (κ2) is 8.75. The van der Waals surface area contributed by atoms with Gasteiger partial charge < -0.3 is 14.8 Å². The van der Waals surface area contributed by atoms with Crippen LogP contribution in [0.2, 0.25) is 0 Å². The van der Waals surface area contributed by atoms with E-state index in [0.717, 1.165) is 11.3 Å². The van der Waals surface area contributed by atoms with Gasteiger partial charge in [-0.3, -0.25) is 10.1 Å². The zero-order valence-corrected chi connectivity index (χ0v) is 15.7. The van der Waals surface area contributed by atoms with Crippen LogP contribution in [0, 0.1) is 5.82 Å². The molecule has 0 spiro atoms. The zero-order valence-electron chi connectivity index (χ0n) is 15.7. The lowest BCUT2D eigenvalue weighted by Gasteiger charge is -2.28. The molecule has 3 aromatic carbocycles. The van der Waals surface area contributed by atoms with Crippen molar-refractivity contribution in [3.05, 3.63) is 90.2 Å². The second-order valence-corrected chi connectivity index (χ2v) is 6.75. The number of halogens is 1. The number of nitrogens with one attached hydrogen (secondary N) is 2. The number of benzene rings is 3. The number of carbonyl (C=O) groups excluding carboxylic acids is 1. The number of carbonyl (C=O) groups is 1. The van der Waals surface area contributed by atoms with E-state index in [9.17, 15) is 9.18 Å². The third-order valence-corrected chi connectivity index (χ3v) is 4.62. The summed E-state index contributed by atoms with van der Waals surface area (Å²) in [7, 11) is 0.